The average Bonchev–Trinajstić information content (AvgIpc) is 2.64. The van der Waals surface area contributed by atoms with E-state index in [1.807, 2.05) is 18.2 Å². The van der Waals surface area contributed by atoms with Gasteiger partial charge in [-0.2, -0.15) is 4.31 Å². The molecule has 1 amide bonds. The van der Waals surface area contributed by atoms with Crippen molar-refractivity contribution in [1.82, 2.24) is 4.31 Å². The van der Waals surface area contributed by atoms with Gasteiger partial charge in [0.1, 0.15) is 4.90 Å². The van der Waals surface area contributed by atoms with E-state index in [4.69, 9.17) is 23.2 Å². The minimum atomic E-state index is -3.82. The van der Waals surface area contributed by atoms with Crippen molar-refractivity contribution in [3.8, 4) is 0 Å². The molecular formula is C18H18Cl2N2O3S. The summed E-state index contributed by atoms with van der Waals surface area (Å²) in [5.41, 5.74) is 0.690. The first-order valence-electron chi connectivity index (χ1n) is 8.19. The third kappa shape index (κ3) is 4.20. The number of hydrogen-bond acceptors (Lipinski definition) is 3. The van der Waals surface area contributed by atoms with E-state index in [1.54, 1.807) is 12.1 Å². The van der Waals surface area contributed by atoms with Gasteiger partial charge in [-0.25, -0.2) is 8.42 Å². The standard InChI is InChI=1S/C18H18Cl2N2O3S/c19-14-8-9-16(20)17(11-14)26(24,25)22-10-4-5-13(12-22)18(23)21-15-6-2-1-3-7-15/h1-3,6-9,11,13H,4-5,10,12H2,(H,21,23)/t13-/m0/s1. The number of sulfonamides is 1. The van der Waals surface area contributed by atoms with Crippen molar-refractivity contribution in [3.63, 3.8) is 0 Å². The highest BCUT2D eigenvalue weighted by Crippen LogP contribution is 2.30. The Bertz CT molecular complexity index is 904. The highest BCUT2D eigenvalue weighted by atomic mass is 35.5. The smallest absolute Gasteiger partial charge is 0.244 e. The summed E-state index contributed by atoms with van der Waals surface area (Å²) in [4.78, 5) is 12.5. The Morgan fingerprint density at radius 1 is 1.12 bits per heavy atom. The number of piperidine rings is 1. The van der Waals surface area contributed by atoms with Gasteiger partial charge in [-0.15, -0.1) is 0 Å². The number of nitrogens with zero attached hydrogens (tertiary/aromatic N) is 1. The molecule has 138 valence electrons. The van der Waals surface area contributed by atoms with Crippen LogP contribution in [0.1, 0.15) is 12.8 Å². The van der Waals surface area contributed by atoms with Gasteiger partial charge in [-0.05, 0) is 43.2 Å². The van der Waals surface area contributed by atoms with Gasteiger partial charge in [-0.3, -0.25) is 4.79 Å². The van der Waals surface area contributed by atoms with E-state index < -0.39 is 15.9 Å². The lowest BCUT2D eigenvalue weighted by molar-refractivity contribution is -0.120. The Balaban J connectivity index is 1.77. The molecule has 0 aliphatic carbocycles. The number of benzene rings is 2. The lowest BCUT2D eigenvalue weighted by Crippen LogP contribution is -2.43. The predicted octanol–water partition coefficient (Wildman–Crippen LogP) is 4.03. The van der Waals surface area contributed by atoms with Crippen LogP contribution in [0.25, 0.3) is 0 Å². The van der Waals surface area contributed by atoms with Gasteiger partial charge in [-0.1, -0.05) is 41.4 Å². The van der Waals surface area contributed by atoms with Crippen molar-refractivity contribution in [1.29, 1.82) is 0 Å². The van der Waals surface area contributed by atoms with Crippen LogP contribution in [0.15, 0.2) is 53.4 Å². The molecule has 0 saturated carbocycles. The summed E-state index contributed by atoms with van der Waals surface area (Å²) in [7, 11) is -3.82. The van der Waals surface area contributed by atoms with Gasteiger partial charge in [0, 0.05) is 23.8 Å². The lowest BCUT2D eigenvalue weighted by Gasteiger charge is -2.31. The highest BCUT2D eigenvalue weighted by molar-refractivity contribution is 7.89. The number of para-hydroxylation sites is 1. The average molecular weight is 413 g/mol. The van der Waals surface area contributed by atoms with Crippen molar-refractivity contribution in [2.24, 2.45) is 5.92 Å². The van der Waals surface area contributed by atoms with E-state index in [2.05, 4.69) is 5.32 Å². The predicted molar refractivity (Wildman–Crippen MR) is 103 cm³/mol. The molecule has 0 radical (unpaired) electrons. The van der Waals surface area contributed by atoms with Gasteiger partial charge >= 0.3 is 0 Å². The largest absolute Gasteiger partial charge is 0.326 e. The van der Waals surface area contributed by atoms with Crippen LogP contribution >= 0.6 is 23.2 Å². The molecule has 5 nitrogen and oxygen atoms in total. The van der Waals surface area contributed by atoms with E-state index in [9.17, 15) is 13.2 Å². The van der Waals surface area contributed by atoms with E-state index in [-0.39, 0.29) is 22.4 Å². The number of hydrogen-bond donors (Lipinski definition) is 1. The molecule has 2 aromatic carbocycles. The van der Waals surface area contributed by atoms with Crippen LogP contribution in [0.4, 0.5) is 5.69 Å². The number of halogens is 2. The molecule has 0 spiro atoms. The van der Waals surface area contributed by atoms with Gasteiger partial charge < -0.3 is 5.32 Å². The van der Waals surface area contributed by atoms with Crippen molar-refractivity contribution in [2.45, 2.75) is 17.7 Å². The second kappa shape index (κ2) is 7.96. The maximum absolute atomic E-state index is 12.9. The Morgan fingerprint density at radius 3 is 2.58 bits per heavy atom. The van der Waals surface area contributed by atoms with Gasteiger partial charge in [0.2, 0.25) is 15.9 Å². The topological polar surface area (TPSA) is 66.5 Å². The van der Waals surface area contributed by atoms with Crippen LogP contribution in [-0.4, -0.2) is 31.7 Å². The maximum atomic E-state index is 12.9. The van der Waals surface area contributed by atoms with E-state index in [1.165, 1.54) is 22.5 Å². The molecule has 1 N–H and O–H groups in total. The second-order valence-corrected chi connectivity index (χ2v) is 8.88. The summed E-state index contributed by atoms with van der Waals surface area (Å²) in [6.07, 6.45) is 1.23. The summed E-state index contributed by atoms with van der Waals surface area (Å²) in [5, 5.41) is 3.25. The van der Waals surface area contributed by atoms with Gasteiger partial charge in [0.25, 0.3) is 0 Å². The van der Waals surface area contributed by atoms with Crippen LogP contribution in [0, 0.1) is 5.92 Å². The van der Waals surface area contributed by atoms with Crippen molar-refractivity contribution < 1.29 is 13.2 Å². The number of amides is 1. The van der Waals surface area contributed by atoms with Gasteiger partial charge in [0.15, 0.2) is 0 Å². The summed E-state index contributed by atoms with van der Waals surface area (Å²) >= 11 is 12.0. The molecule has 1 heterocycles. The number of carbonyl (C=O) groups is 1. The van der Waals surface area contributed by atoms with Crippen LogP contribution in [-0.2, 0) is 14.8 Å². The zero-order chi connectivity index (χ0) is 18.7. The minimum absolute atomic E-state index is 0.0317. The number of carbonyl (C=O) groups excluding carboxylic acids is 1. The quantitative estimate of drug-likeness (QED) is 0.823. The van der Waals surface area contributed by atoms with Crippen molar-refractivity contribution in [2.75, 3.05) is 18.4 Å². The van der Waals surface area contributed by atoms with Crippen molar-refractivity contribution in [3.05, 3.63) is 58.6 Å². The lowest BCUT2D eigenvalue weighted by atomic mass is 9.99. The summed E-state index contributed by atoms with van der Waals surface area (Å²) in [5.74, 6) is -0.606. The molecule has 0 unspecified atom stereocenters. The zero-order valence-corrected chi connectivity index (χ0v) is 16.2. The Labute approximate surface area is 163 Å². The Kier molecular flexibility index (Phi) is 5.87. The molecular weight excluding hydrogens is 395 g/mol. The summed E-state index contributed by atoms with van der Waals surface area (Å²) in [6, 6.07) is 13.4. The molecule has 3 rings (SSSR count). The fourth-order valence-electron chi connectivity index (χ4n) is 2.95. The fourth-order valence-corrected chi connectivity index (χ4v) is 5.22. The third-order valence-electron chi connectivity index (χ3n) is 4.31. The molecule has 1 aliphatic rings. The number of nitrogens with one attached hydrogen (secondary N) is 1. The first-order valence-corrected chi connectivity index (χ1v) is 10.4. The molecule has 1 saturated heterocycles. The Hall–Kier alpha value is -1.60. The summed E-state index contributed by atoms with van der Waals surface area (Å²) in [6.45, 7) is 0.462. The molecule has 0 aromatic heterocycles. The van der Waals surface area contributed by atoms with E-state index >= 15 is 0 Å². The highest BCUT2D eigenvalue weighted by Gasteiger charge is 2.34. The minimum Gasteiger partial charge on any atom is -0.326 e. The molecule has 2 aromatic rings. The van der Waals surface area contributed by atoms with Crippen LogP contribution in [0.2, 0.25) is 10.0 Å². The summed E-state index contributed by atoms with van der Waals surface area (Å²) < 4.78 is 27.2. The molecule has 8 heteroatoms. The molecule has 1 atom stereocenters. The normalized spacial score (nSPS) is 18.5. The third-order valence-corrected chi connectivity index (χ3v) is 6.89. The number of anilines is 1. The molecule has 1 aliphatic heterocycles. The fraction of sp³-hybridized carbons (Fsp3) is 0.278. The molecule has 0 bridgehead atoms. The SMILES string of the molecule is O=C(Nc1ccccc1)[C@H]1CCCN(S(=O)(=O)c2cc(Cl)ccc2Cl)C1. The van der Waals surface area contributed by atoms with Crippen LogP contribution in [0.3, 0.4) is 0 Å². The second-order valence-electron chi connectivity index (χ2n) is 6.13. The van der Waals surface area contributed by atoms with Crippen molar-refractivity contribution >= 4 is 44.8 Å². The molecule has 26 heavy (non-hydrogen) atoms. The first kappa shape index (κ1) is 19.2. The van der Waals surface area contributed by atoms with Crippen LogP contribution in [0.5, 0.6) is 0 Å². The zero-order valence-electron chi connectivity index (χ0n) is 13.9. The first-order chi connectivity index (χ1) is 12.4. The van der Waals surface area contributed by atoms with E-state index in [0.29, 0.717) is 30.1 Å². The Morgan fingerprint density at radius 2 is 1.85 bits per heavy atom. The number of rotatable bonds is 4. The monoisotopic (exact) mass is 412 g/mol. The van der Waals surface area contributed by atoms with E-state index in [0.717, 1.165) is 0 Å². The van der Waals surface area contributed by atoms with Crippen LogP contribution < -0.4 is 5.32 Å². The maximum Gasteiger partial charge on any atom is 0.244 e. The van der Waals surface area contributed by atoms with Gasteiger partial charge in [0.05, 0.1) is 10.9 Å². The molecule has 1 fully saturated rings.